The summed E-state index contributed by atoms with van der Waals surface area (Å²) in [6.07, 6.45) is 4.50. The maximum absolute atomic E-state index is 12.4. The second kappa shape index (κ2) is 8.01. The van der Waals surface area contributed by atoms with Gasteiger partial charge in [0.2, 0.25) is 10.0 Å². The summed E-state index contributed by atoms with van der Waals surface area (Å²) in [7, 11) is -3.00. The maximum Gasteiger partial charge on any atom is 0.253 e. The molecule has 0 aliphatic carbocycles. The van der Waals surface area contributed by atoms with E-state index in [1.54, 1.807) is 21.3 Å². The highest BCUT2D eigenvalue weighted by atomic mass is 32.2. The quantitative estimate of drug-likeness (QED) is 0.750. The van der Waals surface area contributed by atoms with Gasteiger partial charge in [0.15, 0.2) is 0 Å². The zero-order chi connectivity index (χ0) is 19.7. The molecule has 2 fully saturated rings. The second-order valence-corrected chi connectivity index (χ2v) is 11.0. The molecule has 0 radical (unpaired) electrons. The Morgan fingerprint density at radius 1 is 1.15 bits per heavy atom. The van der Waals surface area contributed by atoms with E-state index in [0.717, 1.165) is 44.6 Å². The summed E-state index contributed by atoms with van der Waals surface area (Å²) in [5.41, 5.74) is 0.735. The van der Waals surface area contributed by atoms with Gasteiger partial charge in [-0.25, -0.2) is 17.7 Å². The summed E-state index contributed by atoms with van der Waals surface area (Å²) in [5.74, 6) is 0.767. The van der Waals surface area contributed by atoms with E-state index in [1.807, 2.05) is 0 Å². The molecular formula is C19H32N4O3S. The fourth-order valence-corrected chi connectivity index (χ4v) is 5.36. The van der Waals surface area contributed by atoms with E-state index in [-0.39, 0.29) is 11.0 Å². The molecule has 1 aromatic heterocycles. The van der Waals surface area contributed by atoms with E-state index < -0.39 is 10.0 Å². The molecule has 27 heavy (non-hydrogen) atoms. The van der Waals surface area contributed by atoms with Crippen LogP contribution in [0.4, 0.5) is 0 Å². The third kappa shape index (κ3) is 5.18. The van der Waals surface area contributed by atoms with Gasteiger partial charge in [-0.05, 0) is 38.3 Å². The Kier molecular flexibility index (Phi) is 6.08. The zero-order valence-electron chi connectivity index (χ0n) is 16.7. The predicted octanol–water partition coefficient (Wildman–Crippen LogP) is 1.29. The van der Waals surface area contributed by atoms with Crippen molar-refractivity contribution in [3.63, 3.8) is 0 Å². The van der Waals surface area contributed by atoms with Gasteiger partial charge in [-0.1, -0.05) is 20.8 Å². The number of sulfonamides is 1. The van der Waals surface area contributed by atoms with Crippen molar-refractivity contribution in [1.82, 2.24) is 18.8 Å². The standard InChI is InChI=1S/C19H32N4O3S/c1-19(2,3)17-13-18(24)22(15-20-17)14-16-5-8-21(9-6-16)10-11-23-7-4-12-27(23,25)26/h13,15-16H,4-12,14H2,1-3H3. The molecule has 3 rings (SSSR count). The first-order chi connectivity index (χ1) is 12.6. The van der Waals surface area contributed by atoms with Crippen LogP contribution in [0.1, 0.15) is 45.7 Å². The van der Waals surface area contributed by atoms with E-state index in [0.29, 0.717) is 31.3 Å². The topological polar surface area (TPSA) is 75.5 Å². The van der Waals surface area contributed by atoms with Gasteiger partial charge >= 0.3 is 0 Å². The Bertz CT molecular complexity index is 805. The van der Waals surface area contributed by atoms with E-state index in [2.05, 4.69) is 30.7 Å². The molecule has 0 aromatic carbocycles. The molecule has 0 bridgehead atoms. The average Bonchev–Trinajstić information content (AvgIpc) is 2.93. The Labute approximate surface area is 162 Å². The van der Waals surface area contributed by atoms with Gasteiger partial charge in [0.05, 0.1) is 17.8 Å². The van der Waals surface area contributed by atoms with Gasteiger partial charge in [0, 0.05) is 37.7 Å². The smallest absolute Gasteiger partial charge is 0.253 e. The predicted molar refractivity (Wildman–Crippen MR) is 106 cm³/mol. The lowest BCUT2D eigenvalue weighted by molar-refractivity contribution is 0.165. The molecule has 0 spiro atoms. The number of aromatic nitrogens is 2. The van der Waals surface area contributed by atoms with Crippen molar-refractivity contribution < 1.29 is 8.42 Å². The van der Waals surface area contributed by atoms with Crippen LogP contribution in [0.15, 0.2) is 17.2 Å². The molecule has 8 heteroatoms. The summed E-state index contributed by atoms with van der Waals surface area (Å²) < 4.78 is 27.1. The summed E-state index contributed by atoms with van der Waals surface area (Å²) in [4.78, 5) is 19.2. The number of rotatable bonds is 5. The summed E-state index contributed by atoms with van der Waals surface area (Å²) in [5, 5.41) is 0. The van der Waals surface area contributed by atoms with Gasteiger partial charge < -0.3 is 4.90 Å². The largest absolute Gasteiger partial charge is 0.302 e. The molecule has 0 N–H and O–H groups in total. The molecule has 1 aromatic rings. The van der Waals surface area contributed by atoms with E-state index in [4.69, 9.17) is 0 Å². The Balaban J connectivity index is 1.48. The van der Waals surface area contributed by atoms with E-state index in [9.17, 15) is 13.2 Å². The highest BCUT2D eigenvalue weighted by molar-refractivity contribution is 7.89. The number of hydrogen-bond acceptors (Lipinski definition) is 5. The lowest BCUT2D eigenvalue weighted by Gasteiger charge is -2.33. The SMILES string of the molecule is CC(C)(C)c1cc(=O)n(CC2CCN(CCN3CCCS3(=O)=O)CC2)cn1. The Morgan fingerprint density at radius 2 is 1.85 bits per heavy atom. The maximum atomic E-state index is 12.4. The van der Waals surface area contributed by atoms with Crippen LogP contribution in [-0.4, -0.2) is 65.7 Å². The molecule has 0 amide bonds. The molecule has 2 saturated heterocycles. The molecule has 2 aliphatic heterocycles. The molecular weight excluding hydrogens is 364 g/mol. The van der Waals surface area contributed by atoms with Gasteiger partial charge in [-0.2, -0.15) is 0 Å². The van der Waals surface area contributed by atoms with Crippen molar-refractivity contribution in [3.8, 4) is 0 Å². The van der Waals surface area contributed by atoms with Gasteiger partial charge in [-0.3, -0.25) is 9.36 Å². The van der Waals surface area contributed by atoms with Crippen LogP contribution in [0.25, 0.3) is 0 Å². The lowest BCUT2D eigenvalue weighted by Crippen LogP contribution is -2.41. The summed E-state index contributed by atoms with van der Waals surface area (Å²) in [6, 6.07) is 1.66. The highest BCUT2D eigenvalue weighted by Crippen LogP contribution is 2.21. The van der Waals surface area contributed by atoms with Crippen LogP contribution in [0.2, 0.25) is 0 Å². The molecule has 7 nitrogen and oxygen atoms in total. The van der Waals surface area contributed by atoms with Crippen molar-refractivity contribution in [1.29, 1.82) is 0 Å². The minimum Gasteiger partial charge on any atom is -0.302 e. The first-order valence-electron chi connectivity index (χ1n) is 9.92. The van der Waals surface area contributed by atoms with Crippen LogP contribution < -0.4 is 5.56 Å². The van der Waals surface area contributed by atoms with Crippen LogP contribution in [-0.2, 0) is 22.0 Å². The first kappa shape index (κ1) is 20.5. The number of likely N-dealkylation sites (tertiary alicyclic amines) is 1. The molecule has 0 atom stereocenters. The Hall–Kier alpha value is -1.25. The zero-order valence-corrected chi connectivity index (χ0v) is 17.5. The third-order valence-electron chi connectivity index (χ3n) is 5.68. The lowest BCUT2D eigenvalue weighted by atomic mass is 9.92. The molecule has 0 saturated carbocycles. The van der Waals surface area contributed by atoms with Gasteiger partial charge in [-0.15, -0.1) is 0 Å². The van der Waals surface area contributed by atoms with Crippen molar-refractivity contribution in [2.45, 2.75) is 52.0 Å². The van der Waals surface area contributed by atoms with Gasteiger partial charge in [0.25, 0.3) is 5.56 Å². The van der Waals surface area contributed by atoms with Crippen molar-refractivity contribution in [2.24, 2.45) is 5.92 Å². The normalized spacial score (nSPS) is 22.3. The van der Waals surface area contributed by atoms with Gasteiger partial charge in [0.1, 0.15) is 0 Å². The third-order valence-corrected chi connectivity index (χ3v) is 7.64. The molecule has 3 heterocycles. The van der Waals surface area contributed by atoms with Crippen molar-refractivity contribution in [2.75, 3.05) is 38.5 Å². The van der Waals surface area contributed by atoms with E-state index in [1.165, 1.54) is 0 Å². The average molecular weight is 397 g/mol. The fraction of sp³-hybridized carbons (Fsp3) is 0.789. The first-order valence-corrected chi connectivity index (χ1v) is 11.5. The summed E-state index contributed by atoms with van der Waals surface area (Å²) >= 11 is 0. The molecule has 2 aliphatic rings. The molecule has 0 unspecified atom stereocenters. The Morgan fingerprint density at radius 3 is 2.41 bits per heavy atom. The number of piperidine rings is 1. The number of nitrogens with zero attached hydrogens (tertiary/aromatic N) is 4. The second-order valence-electron chi connectivity index (χ2n) is 8.87. The van der Waals surface area contributed by atoms with E-state index >= 15 is 0 Å². The minimum absolute atomic E-state index is 0.0246. The fourth-order valence-electron chi connectivity index (χ4n) is 3.84. The highest BCUT2D eigenvalue weighted by Gasteiger charge is 2.29. The van der Waals surface area contributed by atoms with Crippen LogP contribution >= 0.6 is 0 Å². The number of hydrogen-bond donors (Lipinski definition) is 0. The van der Waals surface area contributed by atoms with Crippen LogP contribution in [0.3, 0.4) is 0 Å². The van der Waals surface area contributed by atoms with Crippen LogP contribution in [0, 0.1) is 5.92 Å². The minimum atomic E-state index is -3.00. The summed E-state index contributed by atoms with van der Waals surface area (Å²) in [6.45, 7) is 10.9. The monoisotopic (exact) mass is 396 g/mol. The van der Waals surface area contributed by atoms with Crippen molar-refractivity contribution >= 4 is 10.0 Å². The molecule has 152 valence electrons. The van der Waals surface area contributed by atoms with Crippen LogP contribution in [0.5, 0.6) is 0 Å². The van der Waals surface area contributed by atoms with Crippen molar-refractivity contribution in [3.05, 3.63) is 28.4 Å².